The minimum absolute atomic E-state index is 0.538. The first kappa shape index (κ1) is 16.9. The van der Waals surface area contributed by atoms with E-state index < -0.39 is 0 Å². The highest BCUT2D eigenvalue weighted by atomic mass is 15.2. The Morgan fingerprint density at radius 2 is 1.95 bits per heavy atom. The summed E-state index contributed by atoms with van der Waals surface area (Å²) in [6.45, 7) is 14.3. The van der Waals surface area contributed by atoms with E-state index in [2.05, 4.69) is 50.0 Å². The van der Waals surface area contributed by atoms with Crippen LogP contribution < -0.4 is 5.32 Å². The fraction of sp³-hybridized carbons (Fsp3) is 1.00. The van der Waals surface area contributed by atoms with Crippen LogP contribution in [0.2, 0.25) is 0 Å². The molecule has 3 nitrogen and oxygen atoms in total. The van der Waals surface area contributed by atoms with E-state index in [1.807, 2.05) is 0 Å². The van der Waals surface area contributed by atoms with Crippen molar-refractivity contribution in [3.05, 3.63) is 0 Å². The topological polar surface area (TPSA) is 18.5 Å². The van der Waals surface area contributed by atoms with E-state index in [1.165, 1.54) is 58.5 Å². The number of rotatable bonds is 9. The first-order chi connectivity index (χ1) is 8.97. The van der Waals surface area contributed by atoms with Crippen molar-refractivity contribution in [1.82, 2.24) is 15.1 Å². The average molecular weight is 269 g/mol. The molecule has 0 bridgehead atoms. The third-order valence-corrected chi connectivity index (χ3v) is 4.16. The maximum absolute atomic E-state index is 3.58. The molecule has 1 heterocycles. The van der Waals surface area contributed by atoms with Gasteiger partial charge in [0, 0.05) is 32.7 Å². The molecule has 0 amide bonds. The lowest BCUT2D eigenvalue weighted by molar-refractivity contribution is 0.131. The van der Waals surface area contributed by atoms with E-state index in [0.29, 0.717) is 5.41 Å². The molecule has 1 saturated heterocycles. The molecule has 114 valence electrons. The Balaban J connectivity index is 2.57. The van der Waals surface area contributed by atoms with Crippen molar-refractivity contribution in [2.45, 2.75) is 40.0 Å². The van der Waals surface area contributed by atoms with Gasteiger partial charge in [-0.2, -0.15) is 0 Å². The molecule has 0 aliphatic carbocycles. The first-order valence-electron chi connectivity index (χ1n) is 8.05. The van der Waals surface area contributed by atoms with Crippen LogP contribution in [-0.2, 0) is 0 Å². The zero-order valence-electron chi connectivity index (χ0n) is 13.8. The van der Waals surface area contributed by atoms with Crippen molar-refractivity contribution in [3.8, 4) is 0 Å². The van der Waals surface area contributed by atoms with Crippen LogP contribution in [0.15, 0.2) is 0 Å². The molecule has 1 aliphatic rings. The summed E-state index contributed by atoms with van der Waals surface area (Å²) in [7, 11) is 4.35. The SMILES string of the molecule is CCCC1(CN(CCN(C)C)CC(C)C)CCNC1. The molecule has 3 heteroatoms. The fourth-order valence-electron chi connectivity index (χ4n) is 3.32. The summed E-state index contributed by atoms with van der Waals surface area (Å²) in [5, 5.41) is 3.58. The normalized spacial score (nSPS) is 24.0. The second kappa shape index (κ2) is 8.23. The van der Waals surface area contributed by atoms with Gasteiger partial charge in [-0.3, -0.25) is 0 Å². The second-order valence-corrected chi connectivity index (χ2v) is 7.11. The van der Waals surface area contributed by atoms with Crippen LogP contribution in [0.1, 0.15) is 40.0 Å². The highest BCUT2D eigenvalue weighted by Gasteiger charge is 2.34. The van der Waals surface area contributed by atoms with Crippen LogP contribution in [0, 0.1) is 11.3 Å². The van der Waals surface area contributed by atoms with E-state index in [1.54, 1.807) is 0 Å². The van der Waals surface area contributed by atoms with Crippen LogP contribution >= 0.6 is 0 Å². The monoisotopic (exact) mass is 269 g/mol. The van der Waals surface area contributed by atoms with Crippen LogP contribution in [0.25, 0.3) is 0 Å². The van der Waals surface area contributed by atoms with Gasteiger partial charge >= 0.3 is 0 Å². The molecular weight excluding hydrogens is 234 g/mol. The van der Waals surface area contributed by atoms with Gasteiger partial charge in [0.25, 0.3) is 0 Å². The molecular formula is C16H35N3. The van der Waals surface area contributed by atoms with Crippen LogP contribution in [0.3, 0.4) is 0 Å². The largest absolute Gasteiger partial charge is 0.316 e. The maximum atomic E-state index is 3.58. The van der Waals surface area contributed by atoms with Crippen LogP contribution in [0.5, 0.6) is 0 Å². The highest BCUT2D eigenvalue weighted by Crippen LogP contribution is 2.32. The van der Waals surface area contributed by atoms with E-state index >= 15 is 0 Å². The molecule has 1 unspecified atom stereocenters. The first-order valence-corrected chi connectivity index (χ1v) is 8.05. The van der Waals surface area contributed by atoms with E-state index in [4.69, 9.17) is 0 Å². The molecule has 1 fully saturated rings. The Kier molecular flexibility index (Phi) is 7.33. The van der Waals surface area contributed by atoms with Gasteiger partial charge in [-0.05, 0) is 44.8 Å². The van der Waals surface area contributed by atoms with Crippen LogP contribution in [-0.4, -0.2) is 63.2 Å². The summed E-state index contributed by atoms with van der Waals surface area (Å²) >= 11 is 0. The van der Waals surface area contributed by atoms with Crippen molar-refractivity contribution in [2.24, 2.45) is 11.3 Å². The maximum Gasteiger partial charge on any atom is 0.0109 e. The minimum atomic E-state index is 0.538. The zero-order valence-corrected chi connectivity index (χ0v) is 13.8. The van der Waals surface area contributed by atoms with Crippen molar-refractivity contribution in [2.75, 3.05) is 53.4 Å². The molecule has 1 aliphatic heterocycles. The predicted octanol–water partition coefficient (Wildman–Crippen LogP) is 2.29. The summed E-state index contributed by atoms with van der Waals surface area (Å²) in [6, 6.07) is 0. The second-order valence-electron chi connectivity index (χ2n) is 7.11. The average Bonchev–Trinajstić information content (AvgIpc) is 2.74. The van der Waals surface area contributed by atoms with E-state index in [9.17, 15) is 0 Å². The fourth-order valence-corrected chi connectivity index (χ4v) is 3.32. The molecule has 0 aromatic heterocycles. The Bertz CT molecular complexity index is 232. The Hall–Kier alpha value is -0.120. The van der Waals surface area contributed by atoms with Gasteiger partial charge in [-0.15, -0.1) is 0 Å². The van der Waals surface area contributed by atoms with Gasteiger partial charge in [0.05, 0.1) is 0 Å². The Morgan fingerprint density at radius 1 is 1.21 bits per heavy atom. The van der Waals surface area contributed by atoms with Gasteiger partial charge in [-0.1, -0.05) is 27.2 Å². The lowest BCUT2D eigenvalue weighted by Crippen LogP contribution is -2.43. The molecule has 1 atom stereocenters. The van der Waals surface area contributed by atoms with Crippen LogP contribution in [0.4, 0.5) is 0 Å². The van der Waals surface area contributed by atoms with Crippen molar-refractivity contribution >= 4 is 0 Å². The summed E-state index contributed by atoms with van der Waals surface area (Å²) < 4.78 is 0. The van der Waals surface area contributed by atoms with Gasteiger partial charge in [0.15, 0.2) is 0 Å². The third-order valence-electron chi connectivity index (χ3n) is 4.16. The Labute approximate surface area is 120 Å². The quantitative estimate of drug-likeness (QED) is 0.693. The van der Waals surface area contributed by atoms with Gasteiger partial charge < -0.3 is 15.1 Å². The van der Waals surface area contributed by atoms with Crippen molar-refractivity contribution in [3.63, 3.8) is 0 Å². The zero-order chi connectivity index (χ0) is 14.3. The van der Waals surface area contributed by atoms with Gasteiger partial charge in [0.1, 0.15) is 0 Å². The molecule has 0 radical (unpaired) electrons. The number of hydrogen-bond acceptors (Lipinski definition) is 3. The van der Waals surface area contributed by atoms with E-state index in [0.717, 1.165) is 5.92 Å². The lowest BCUT2D eigenvalue weighted by atomic mass is 9.82. The molecule has 1 rings (SSSR count). The van der Waals surface area contributed by atoms with Crippen molar-refractivity contribution < 1.29 is 0 Å². The smallest absolute Gasteiger partial charge is 0.0109 e. The highest BCUT2D eigenvalue weighted by molar-refractivity contribution is 4.90. The summed E-state index contributed by atoms with van der Waals surface area (Å²) in [5.41, 5.74) is 0.538. The molecule has 19 heavy (non-hydrogen) atoms. The molecule has 1 N–H and O–H groups in total. The van der Waals surface area contributed by atoms with Gasteiger partial charge in [0.2, 0.25) is 0 Å². The lowest BCUT2D eigenvalue weighted by Gasteiger charge is -2.36. The molecule has 0 aromatic carbocycles. The third kappa shape index (κ3) is 6.24. The standard InChI is InChI=1S/C16H35N3/c1-6-7-16(8-9-17-13-16)14-19(12-15(2)3)11-10-18(4)5/h15,17H,6-14H2,1-5H3. The summed E-state index contributed by atoms with van der Waals surface area (Å²) in [4.78, 5) is 5.00. The van der Waals surface area contributed by atoms with E-state index in [-0.39, 0.29) is 0 Å². The summed E-state index contributed by atoms with van der Waals surface area (Å²) in [5.74, 6) is 0.759. The minimum Gasteiger partial charge on any atom is -0.316 e. The van der Waals surface area contributed by atoms with Crippen molar-refractivity contribution in [1.29, 1.82) is 0 Å². The molecule has 0 aromatic rings. The summed E-state index contributed by atoms with van der Waals surface area (Å²) in [6.07, 6.45) is 4.04. The number of hydrogen-bond donors (Lipinski definition) is 1. The Morgan fingerprint density at radius 3 is 2.42 bits per heavy atom. The number of nitrogens with zero attached hydrogens (tertiary/aromatic N) is 2. The number of nitrogens with one attached hydrogen (secondary N) is 1. The van der Waals surface area contributed by atoms with Gasteiger partial charge in [-0.25, -0.2) is 0 Å². The predicted molar refractivity (Wildman–Crippen MR) is 84.7 cm³/mol. The molecule has 0 spiro atoms. The molecule has 0 saturated carbocycles. The number of likely N-dealkylation sites (N-methyl/N-ethyl adjacent to an activating group) is 1.